The molecule has 8 heteroatoms. The number of anilines is 1. The van der Waals surface area contributed by atoms with Crippen molar-refractivity contribution in [3.63, 3.8) is 0 Å². The molecule has 0 fully saturated rings. The molecule has 128 valence electrons. The van der Waals surface area contributed by atoms with Crippen LogP contribution < -0.4 is 5.32 Å². The summed E-state index contributed by atoms with van der Waals surface area (Å²) < 4.78 is 47.1. The molecule has 1 aromatic rings. The van der Waals surface area contributed by atoms with Crippen molar-refractivity contribution in [2.75, 3.05) is 18.5 Å². The molecular formula is C15H18F3NO4. The van der Waals surface area contributed by atoms with Crippen LogP contribution in [0.25, 0.3) is 0 Å². The second-order valence-electron chi connectivity index (χ2n) is 4.53. The van der Waals surface area contributed by atoms with Crippen molar-refractivity contribution in [3.8, 4) is 0 Å². The van der Waals surface area contributed by atoms with Gasteiger partial charge in [0.1, 0.15) is 6.04 Å². The van der Waals surface area contributed by atoms with E-state index in [1.165, 1.54) is 12.1 Å². The van der Waals surface area contributed by atoms with Gasteiger partial charge in [-0.15, -0.1) is 0 Å². The first kappa shape index (κ1) is 18.8. The molecule has 0 radical (unpaired) electrons. The molecule has 0 aromatic heterocycles. The topological polar surface area (TPSA) is 64.6 Å². The number of carbonyl (C=O) groups excluding carboxylic acids is 2. The number of alkyl halides is 3. The van der Waals surface area contributed by atoms with Crippen molar-refractivity contribution in [2.24, 2.45) is 0 Å². The Labute approximate surface area is 131 Å². The molecule has 5 nitrogen and oxygen atoms in total. The molecule has 1 aromatic carbocycles. The van der Waals surface area contributed by atoms with E-state index in [1.54, 1.807) is 13.8 Å². The molecule has 0 amide bonds. The molecular weight excluding hydrogens is 315 g/mol. The number of benzene rings is 1. The highest BCUT2D eigenvalue weighted by Crippen LogP contribution is 2.30. The van der Waals surface area contributed by atoms with Gasteiger partial charge in [0.15, 0.2) is 0 Å². The fourth-order valence-corrected chi connectivity index (χ4v) is 1.78. The van der Waals surface area contributed by atoms with E-state index >= 15 is 0 Å². The summed E-state index contributed by atoms with van der Waals surface area (Å²) in [6.45, 7) is 3.51. The Kier molecular flexibility index (Phi) is 6.87. The fraction of sp³-hybridized carbons (Fsp3) is 0.467. The summed E-state index contributed by atoms with van der Waals surface area (Å²) in [5, 5.41) is 2.69. The van der Waals surface area contributed by atoms with Gasteiger partial charge in [-0.1, -0.05) is 0 Å². The Morgan fingerprint density at radius 2 is 1.65 bits per heavy atom. The van der Waals surface area contributed by atoms with Crippen LogP contribution >= 0.6 is 0 Å². The second-order valence-corrected chi connectivity index (χ2v) is 4.53. The maximum Gasteiger partial charge on any atom is 0.416 e. The highest BCUT2D eigenvalue weighted by atomic mass is 19.4. The number of carbonyl (C=O) groups is 2. The van der Waals surface area contributed by atoms with Gasteiger partial charge in [0.25, 0.3) is 0 Å². The molecule has 0 heterocycles. The summed E-state index contributed by atoms with van der Waals surface area (Å²) in [4.78, 5) is 23.4. The smallest absolute Gasteiger partial charge is 0.416 e. The van der Waals surface area contributed by atoms with E-state index in [9.17, 15) is 22.8 Å². The molecule has 23 heavy (non-hydrogen) atoms. The fourth-order valence-electron chi connectivity index (χ4n) is 1.78. The third-order valence-electron chi connectivity index (χ3n) is 2.80. The lowest BCUT2D eigenvalue weighted by molar-refractivity contribution is -0.150. The molecule has 0 bridgehead atoms. The molecule has 0 aliphatic carbocycles. The van der Waals surface area contributed by atoms with Crippen molar-refractivity contribution in [2.45, 2.75) is 32.5 Å². The van der Waals surface area contributed by atoms with Crippen LogP contribution in [0, 0.1) is 0 Å². The Balaban J connectivity index is 2.83. The van der Waals surface area contributed by atoms with Gasteiger partial charge >= 0.3 is 18.1 Å². The summed E-state index contributed by atoms with van der Waals surface area (Å²) in [6.07, 6.45) is -4.72. The van der Waals surface area contributed by atoms with Crippen molar-refractivity contribution < 1.29 is 32.2 Å². The molecule has 1 atom stereocenters. The molecule has 1 unspecified atom stereocenters. The van der Waals surface area contributed by atoms with Gasteiger partial charge < -0.3 is 14.8 Å². The van der Waals surface area contributed by atoms with E-state index in [4.69, 9.17) is 9.47 Å². The summed E-state index contributed by atoms with van der Waals surface area (Å²) in [5.41, 5.74) is -0.540. The van der Waals surface area contributed by atoms with E-state index in [0.717, 1.165) is 12.1 Å². The molecule has 0 aliphatic rings. The minimum atomic E-state index is -4.44. The number of halogens is 3. The standard InChI is InChI=1S/C15H18F3NO4/c1-3-22-13(20)9-12(14(21)23-4-2)19-11-7-5-10(6-8-11)15(16,17)18/h5-8,12,19H,3-4,9H2,1-2H3. The average Bonchev–Trinajstić information content (AvgIpc) is 2.46. The number of ether oxygens (including phenoxy) is 2. The lowest BCUT2D eigenvalue weighted by Crippen LogP contribution is -2.34. The van der Waals surface area contributed by atoms with Crippen LogP contribution in [0.5, 0.6) is 0 Å². The van der Waals surface area contributed by atoms with Gasteiger partial charge in [0.2, 0.25) is 0 Å². The zero-order chi connectivity index (χ0) is 17.5. The van der Waals surface area contributed by atoms with Crippen molar-refractivity contribution in [1.29, 1.82) is 0 Å². The first-order valence-electron chi connectivity index (χ1n) is 7.04. The predicted molar refractivity (Wildman–Crippen MR) is 76.7 cm³/mol. The monoisotopic (exact) mass is 333 g/mol. The third kappa shape index (κ3) is 6.17. The zero-order valence-corrected chi connectivity index (χ0v) is 12.8. The Morgan fingerprint density at radius 3 is 2.13 bits per heavy atom. The summed E-state index contributed by atoms with van der Waals surface area (Å²) in [7, 11) is 0. The summed E-state index contributed by atoms with van der Waals surface area (Å²) in [6, 6.07) is 3.09. The Bertz CT molecular complexity index is 529. The minimum absolute atomic E-state index is 0.118. The SMILES string of the molecule is CCOC(=O)CC(Nc1ccc(C(F)(F)F)cc1)C(=O)OCC. The molecule has 0 spiro atoms. The summed E-state index contributed by atoms with van der Waals surface area (Å²) in [5.74, 6) is -1.29. The van der Waals surface area contributed by atoms with Gasteiger partial charge in [0, 0.05) is 5.69 Å². The minimum Gasteiger partial charge on any atom is -0.466 e. The third-order valence-corrected chi connectivity index (χ3v) is 2.80. The van der Waals surface area contributed by atoms with E-state index in [2.05, 4.69) is 5.32 Å². The highest BCUT2D eigenvalue weighted by molar-refractivity contribution is 5.85. The van der Waals surface area contributed by atoms with E-state index in [-0.39, 0.29) is 25.3 Å². The van der Waals surface area contributed by atoms with E-state index < -0.39 is 29.7 Å². The quantitative estimate of drug-likeness (QED) is 0.777. The number of hydrogen-bond acceptors (Lipinski definition) is 5. The lowest BCUT2D eigenvalue weighted by Gasteiger charge is -2.18. The lowest BCUT2D eigenvalue weighted by atomic mass is 10.1. The van der Waals surface area contributed by atoms with Crippen molar-refractivity contribution in [3.05, 3.63) is 29.8 Å². The first-order valence-corrected chi connectivity index (χ1v) is 7.04. The van der Waals surface area contributed by atoms with E-state index in [0.29, 0.717) is 0 Å². The highest BCUT2D eigenvalue weighted by Gasteiger charge is 2.30. The number of rotatable bonds is 7. The zero-order valence-electron chi connectivity index (χ0n) is 12.8. The predicted octanol–water partition coefficient (Wildman–Crippen LogP) is 3.00. The van der Waals surface area contributed by atoms with E-state index in [1.807, 2.05) is 0 Å². The largest absolute Gasteiger partial charge is 0.466 e. The maximum absolute atomic E-state index is 12.5. The second kappa shape index (κ2) is 8.40. The Morgan fingerprint density at radius 1 is 1.09 bits per heavy atom. The van der Waals surface area contributed by atoms with Crippen LogP contribution in [-0.4, -0.2) is 31.2 Å². The number of nitrogens with one attached hydrogen (secondary N) is 1. The van der Waals surface area contributed by atoms with Crippen LogP contribution in [0.3, 0.4) is 0 Å². The average molecular weight is 333 g/mol. The van der Waals surface area contributed by atoms with Crippen LogP contribution in [0.15, 0.2) is 24.3 Å². The van der Waals surface area contributed by atoms with Gasteiger partial charge in [-0.05, 0) is 38.1 Å². The molecule has 1 N–H and O–H groups in total. The first-order chi connectivity index (χ1) is 10.8. The normalized spacial score (nSPS) is 12.4. The van der Waals surface area contributed by atoms with Crippen molar-refractivity contribution >= 4 is 17.6 Å². The van der Waals surface area contributed by atoms with Crippen LogP contribution in [0.1, 0.15) is 25.8 Å². The molecule has 0 aliphatic heterocycles. The van der Waals surface area contributed by atoms with Gasteiger partial charge in [-0.2, -0.15) is 13.2 Å². The Hall–Kier alpha value is -2.25. The maximum atomic E-state index is 12.5. The molecule has 0 saturated heterocycles. The number of esters is 2. The summed E-state index contributed by atoms with van der Waals surface area (Å²) >= 11 is 0. The van der Waals surface area contributed by atoms with Gasteiger partial charge in [-0.3, -0.25) is 4.79 Å². The van der Waals surface area contributed by atoms with Gasteiger partial charge in [-0.25, -0.2) is 4.79 Å². The molecule has 1 rings (SSSR count). The molecule has 0 saturated carbocycles. The van der Waals surface area contributed by atoms with Crippen LogP contribution in [0.2, 0.25) is 0 Å². The van der Waals surface area contributed by atoms with Gasteiger partial charge in [0.05, 0.1) is 25.2 Å². The van der Waals surface area contributed by atoms with Crippen LogP contribution in [-0.2, 0) is 25.2 Å². The van der Waals surface area contributed by atoms with Crippen LogP contribution in [0.4, 0.5) is 18.9 Å². The van der Waals surface area contributed by atoms with Crippen molar-refractivity contribution in [1.82, 2.24) is 0 Å². The number of hydrogen-bond donors (Lipinski definition) is 1.